The van der Waals surface area contributed by atoms with E-state index in [1.807, 2.05) is 51.1 Å². The van der Waals surface area contributed by atoms with Crippen molar-refractivity contribution in [2.24, 2.45) is 5.41 Å². The molecule has 0 aliphatic carbocycles. The van der Waals surface area contributed by atoms with Crippen LogP contribution in [0.4, 0.5) is 15.0 Å². The van der Waals surface area contributed by atoms with E-state index in [-0.39, 0.29) is 17.8 Å². The molecule has 1 unspecified atom stereocenters. The highest BCUT2D eigenvalue weighted by molar-refractivity contribution is 5.96. The Morgan fingerprint density at radius 3 is 2.43 bits per heavy atom. The average molecular weight is 475 g/mol. The van der Waals surface area contributed by atoms with Gasteiger partial charge in [-0.1, -0.05) is 44.9 Å². The van der Waals surface area contributed by atoms with Gasteiger partial charge in [-0.15, -0.1) is 0 Å². The van der Waals surface area contributed by atoms with Gasteiger partial charge >= 0.3 is 6.09 Å². The van der Waals surface area contributed by atoms with Gasteiger partial charge in [0.25, 0.3) is 0 Å². The van der Waals surface area contributed by atoms with Gasteiger partial charge in [0.2, 0.25) is 5.91 Å². The third kappa shape index (κ3) is 7.37. The number of halogens is 1. The van der Waals surface area contributed by atoms with Crippen molar-refractivity contribution >= 4 is 17.8 Å². The van der Waals surface area contributed by atoms with Crippen LogP contribution in [0.25, 0.3) is 11.1 Å². The van der Waals surface area contributed by atoms with Gasteiger partial charge in [-0.2, -0.15) is 0 Å². The van der Waals surface area contributed by atoms with Gasteiger partial charge in [-0.05, 0) is 54.2 Å². The molecule has 2 amide bonds. The molecule has 2 N–H and O–H groups in total. The van der Waals surface area contributed by atoms with Crippen molar-refractivity contribution in [2.45, 2.75) is 33.7 Å². The molecule has 180 valence electrons. The molecule has 0 aliphatic heterocycles. The zero-order valence-electron chi connectivity index (χ0n) is 20.0. The Hall–Kier alpha value is -4.25. The second kappa shape index (κ2) is 10.8. The number of anilines is 1. The fourth-order valence-corrected chi connectivity index (χ4v) is 3.31. The summed E-state index contributed by atoms with van der Waals surface area (Å²) in [7, 11) is 0. The molecule has 0 fully saturated rings. The average Bonchev–Trinajstić information content (AvgIpc) is 2.80. The van der Waals surface area contributed by atoms with E-state index < -0.39 is 23.9 Å². The highest BCUT2D eigenvalue weighted by Crippen LogP contribution is 2.24. The summed E-state index contributed by atoms with van der Waals surface area (Å²) in [4.78, 5) is 34.2. The zero-order chi connectivity index (χ0) is 25.6. The Balaban J connectivity index is 1.95. The van der Waals surface area contributed by atoms with E-state index in [1.54, 1.807) is 12.1 Å². The first kappa shape index (κ1) is 25.4. The van der Waals surface area contributed by atoms with Crippen LogP contribution in [-0.2, 0) is 4.79 Å². The molecule has 7 nitrogen and oxygen atoms in total. The first-order valence-electron chi connectivity index (χ1n) is 11.0. The lowest BCUT2D eigenvalue weighted by molar-refractivity contribution is -0.120. The molecule has 0 bridgehead atoms. The fourth-order valence-electron chi connectivity index (χ4n) is 3.31. The number of benzene rings is 1. The Labute approximate surface area is 204 Å². The number of rotatable bonds is 5. The Morgan fingerprint density at radius 1 is 1.09 bits per heavy atom. The molecule has 0 radical (unpaired) electrons. The highest BCUT2D eigenvalue weighted by Gasteiger charge is 2.29. The van der Waals surface area contributed by atoms with Crippen LogP contribution in [0.3, 0.4) is 0 Å². The molecule has 0 aliphatic rings. The van der Waals surface area contributed by atoms with E-state index in [4.69, 9.17) is 0 Å². The lowest BCUT2D eigenvalue weighted by Crippen LogP contribution is -2.48. The van der Waals surface area contributed by atoms with Gasteiger partial charge in [0, 0.05) is 23.9 Å². The van der Waals surface area contributed by atoms with E-state index >= 15 is 0 Å². The van der Waals surface area contributed by atoms with Gasteiger partial charge < -0.3 is 10.4 Å². The minimum atomic E-state index is -1.19. The molecule has 0 spiro atoms. The van der Waals surface area contributed by atoms with Crippen LogP contribution >= 0.6 is 0 Å². The van der Waals surface area contributed by atoms with Crippen molar-refractivity contribution in [2.75, 3.05) is 11.9 Å². The number of carboxylic acid groups (broad SMARTS) is 1. The number of aromatic nitrogens is 2. The van der Waals surface area contributed by atoms with E-state index in [2.05, 4.69) is 27.1 Å². The van der Waals surface area contributed by atoms with Crippen LogP contribution in [0.1, 0.15) is 39.0 Å². The normalized spacial score (nSPS) is 11.7. The quantitative estimate of drug-likeness (QED) is 0.506. The van der Waals surface area contributed by atoms with Gasteiger partial charge in [-0.25, -0.2) is 14.2 Å². The molecule has 2 heterocycles. The second-order valence-electron chi connectivity index (χ2n) is 9.27. The summed E-state index contributed by atoms with van der Waals surface area (Å²) < 4.78 is 13.8. The zero-order valence-corrected chi connectivity index (χ0v) is 20.0. The van der Waals surface area contributed by atoms with Crippen LogP contribution in [0.5, 0.6) is 0 Å². The Morgan fingerprint density at radius 2 is 1.80 bits per heavy atom. The van der Waals surface area contributed by atoms with Crippen molar-refractivity contribution < 1.29 is 19.1 Å². The van der Waals surface area contributed by atoms with Crippen molar-refractivity contribution in [3.05, 3.63) is 78.0 Å². The fraction of sp³-hybridized carbons (Fsp3) is 0.259. The maximum Gasteiger partial charge on any atom is 0.407 e. The van der Waals surface area contributed by atoms with E-state index in [0.29, 0.717) is 16.8 Å². The summed E-state index contributed by atoms with van der Waals surface area (Å²) >= 11 is 0. The summed E-state index contributed by atoms with van der Waals surface area (Å²) in [6.45, 7) is 7.37. The minimum Gasteiger partial charge on any atom is -0.465 e. The molecule has 8 heteroatoms. The van der Waals surface area contributed by atoms with Crippen molar-refractivity contribution in [1.29, 1.82) is 0 Å². The SMILES string of the molecule is CC(C(=O)Nc1cc(-c2cncc(F)c2)cc(C#Cc2ccccc2)n1)N(CC(C)(C)C)C(=O)O. The lowest BCUT2D eigenvalue weighted by atomic mass is 9.95. The van der Waals surface area contributed by atoms with E-state index in [1.165, 1.54) is 19.2 Å². The maximum atomic E-state index is 13.8. The van der Waals surface area contributed by atoms with Crippen molar-refractivity contribution in [3.8, 4) is 23.0 Å². The number of amides is 2. The molecule has 0 saturated carbocycles. The second-order valence-corrected chi connectivity index (χ2v) is 9.27. The molecule has 2 aromatic heterocycles. The number of nitrogens with zero attached hydrogens (tertiary/aromatic N) is 3. The standard InChI is InChI=1S/C27H27FN4O3/c1-18(32(26(34)35)17-27(2,3)4)25(33)31-24-14-20(21-12-22(28)16-29-15-21)13-23(30-24)11-10-19-8-6-5-7-9-19/h5-9,12-16,18H,17H2,1-4H3,(H,34,35)(H,30,31,33). The minimum absolute atomic E-state index is 0.169. The topological polar surface area (TPSA) is 95.4 Å². The predicted molar refractivity (Wildman–Crippen MR) is 132 cm³/mol. The molecule has 3 aromatic rings. The molecule has 3 rings (SSSR count). The van der Waals surface area contributed by atoms with Gasteiger partial charge in [0.15, 0.2) is 0 Å². The van der Waals surface area contributed by atoms with Gasteiger partial charge in [0.05, 0.1) is 6.20 Å². The Kier molecular flexibility index (Phi) is 7.82. The largest absolute Gasteiger partial charge is 0.465 e. The summed E-state index contributed by atoms with van der Waals surface area (Å²) in [5, 5.41) is 12.3. The first-order valence-corrected chi connectivity index (χ1v) is 11.0. The summed E-state index contributed by atoms with van der Waals surface area (Å²) in [6.07, 6.45) is 1.40. The number of hydrogen-bond acceptors (Lipinski definition) is 4. The van der Waals surface area contributed by atoms with Crippen molar-refractivity contribution in [3.63, 3.8) is 0 Å². The molecular weight excluding hydrogens is 447 g/mol. The molecule has 1 atom stereocenters. The smallest absolute Gasteiger partial charge is 0.407 e. The van der Waals surface area contributed by atoms with Crippen LogP contribution < -0.4 is 5.32 Å². The number of carbonyl (C=O) groups excluding carboxylic acids is 1. The number of nitrogens with one attached hydrogen (secondary N) is 1. The van der Waals surface area contributed by atoms with Crippen LogP contribution in [0, 0.1) is 23.1 Å². The monoisotopic (exact) mass is 474 g/mol. The number of carbonyl (C=O) groups is 2. The summed E-state index contributed by atoms with van der Waals surface area (Å²) in [5.41, 5.74) is 1.83. The third-order valence-electron chi connectivity index (χ3n) is 4.96. The predicted octanol–water partition coefficient (Wildman–Crippen LogP) is 5.04. The van der Waals surface area contributed by atoms with Gasteiger partial charge in [-0.3, -0.25) is 14.7 Å². The van der Waals surface area contributed by atoms with Crippen LogP contribution in [0.15, 0.2) is 60.9 Å². The first-order chi connectivity index (χ1) is 16.5. The van der Waals surface area contributed by atoms with Crippen LogP contribution in [-0.4, -0.2) is 44.6 Å². The van der Waals surface area contributed by atoms with Crippen molar-refractivity contribution in [1.82, 2.24) is 14.9 Å². The third-order valence-corrected chi connectivity index (χ3v) is 4.96. The van der Waals surface area contributed by atoms with E-state index in [9.17, 15) is 19.1 Å². The summed E-state index contributed by atoms with van der Waals surface area (Å²) in [6, 6.07) is 12.9. The molecule has 35 heavy (non-hydrogen) atoms. The molecule has 0 saturated heterocycles. The number of hydrogen-bond donors (Lipinski definition) is 2. The Bertz CT molecular complexity index is 1280. The maximum absolute atomic E-state index is 13.8. The molecule has 1 aromatic carbocycles. The molecular formula is C27H27FN4O3. The highest BCUT2D eigenvalue weighted by atomic mass is 19.1. The summed E-state index contributed by atoms with van der Waals surface area (Å²) in [5.74, 6) is 5.10. The van der Waals surface area contributed by atoms with Gasteiger partial charge in [0.1, 0.15) is 23.4 Å². The van der Waals surface area contributed by atoms with E-state index in [0.717, 1.165) is 16.7 Å². The van der Waals surface area contributed by atoms with Crippen LogP contribution in [0.2, 0.25) is 0 Å². The number of pyridine rings is 2. The lowest BCUT2D eigenvalue weighted by Gasteiger charge is -2.31.